The highest BCUT2D eigenvalue weighted by Gasteiger charge is 2.15. The Kier molecular flexibility index (Phi) is 6.88. The molecule has 7 aromatic carbocycles. The summed E-state index contributed by atoms with van der Waals surface area (Å²) in [5.41, 5.74) is 11.0. The topological polar surface area (TPSA) is 6.48 Å². The van der Waals surface area contributed by atoms with Crippen LogP contribution in [0.1, 0.15) is 17.5 Å². The number of allylic oxidation sites excluding steroid dienone is 1. The maximum Gasteiger partial charge on any atom is 0.0464 e. The molecule has 0 bridgehead atoms. The van der Waals surface area contributed by atoms with Crippen molar-refractivity contribution in [1.29, 1.82) is 0 Å². The summed E-state index contributed by atoms with van der Waals surface area (Å²) in [6, 6.07) is 55.2. The van der Waals surface area contributed by atoms with Crippen LogP contribution in [0.15, 0.2) is 158 Å². The summed E-state index contributed by atoms with van der Waals surface area (Å²) < 4.78 is 0. The van der Waals surface area contributed by atoms with Crippen molar-refractivity contribution in [3.63, 3.8) is 0 Å². The summed E-state index contributed by atoms with van der Waals surface area (Å²) in [7, 11) is 2.14. The van der Waals surface area contributed by atoms with Crippen LogP contribution in [0.4, 0.5) is 28.4 Å². The first-order valence-electron chi connectivity index (χ1n) is 15.7. The molecule has 0 atom stereocenters. The van der Waals surface area contributed by atoms with Gasteiger partial charge in [-0.1, -0.05) is 91.0 Å². The molecule has 1 aliphatic rings. The highest BCUT2D eigenvalue weighted by atomic mass is 15.1. The second-order valence-corrected chi connectivity index (χ2v) is 11.9. The Balaban J connectivity index is 1.06. The number of anilines is 5. The van der Waals surface area contributed by atoms with Crippen LogP contribution in [0, 0.1) is 0 Å². The monoisotopic (exact) mass is 578 g/mol. The van der Waals surface area contributed by atoms with Gasteiger partial charge in [-0.3, -0.25) is 0 Å². The molecule has 0 N–H and O–H groups in total. The van der Waals surface area contributed by atoms with E-state index in [1.54, 1.807) is 0 Å². The average Bonchev–Trinajstić information content (AvgIpc) is 3.11. The molecule has 0 saturated carbocycles. The van der Waals surface area contributed by atoms with E-state index >= 15 is 0 Å². The molecule has 0 radical (unpaired) electrons. The Morgan fingerprint density at radius 3 is 1.76 bits per heavy atom. The molecule has 0 amide bonds. The van der Waals surface area contributed by atoms with Crippen molar-refractivity contribution in [3.05, 3.63) is 169 Å². The Labute approximate surface area is 265 Å². The Hall–Kier alpha value is -5.60. The standard InChI is InChI=1S/C43H34N2/c1-44(42-25-20-37-27-34-10-7-8-11-35(34)28-38(37)30-42)39-21-15-32(16-22-39)33-17-23-41(24-18-33)45(40-13-3-2-4-14-40)43-26-19-31-9-5-6-12-36(31)29-43/h2-5,7-11,13-30H,6,12H2,1H3. The molecule has 2 heteroatoms. The van der Waals surface area contributed by atoms with Crippen molar-refractivity contribution in [3.8, 4) is 11.1 Å². The lowest BCUT2D eigenvalue weighted by atomic mass is 9.96. The van der Waals surface area contributed by atoms with E-state index in [9.17, 15) is 0 Å². The number of rotatable bonds is 6. The molecule has 0 unspecified atom stereocenters. The molecule has 45 heavy (non-hydrogen) atoms. The van der Waals surface area contributed by atoms with Gasteiger partial charge in [0, 0.05) is 35.5 Å². The van der Waals surface area contributed by atoms with Crippen LogP contribution in [0.3, 0.4) is 0 Å². The summed E-state index contributed by atoms with van der Waals surface area (Å²) in [6.45, 7) is 0. The van der Waals surface area contributed by atoms with Crippen molar-refractivity contribution in [2.24, 2.45) is 0 Å². The smallest absolute Gasteiger partial charge is 0.0464 e. The summed E-state index contributed by atoms with van der Waals surface area (Å²) >= 11 is 0. The molecule has 7 aromatic rings. The third-order valence-corrected chi connectivity index (χ3v) is 9.07. The second-order valence-electron chi connectivity index (χ2n) is 11.9. The summed E-state index contributed by atoms with van der Waals surface area (Å²) in [5, 5.41) is 5.07. The van der Waals surface area contributed by atoms with E-state index in [2.05, 4.69) is 181 Å². The van der Waals surface area contributed by atoms with E-state index in [1.807, 2.05) is 0 Å². The fourth-order valence-electron chi connectivity index (χ4n) is 6.55. The van der Waals surface area contributed by atoms with Gasteiger partial charge in [0.05, 0.1) is 0 Å². The van der Waals surface area contributed by atoms with Crippen LogP contribution in [-0.2, 0) is 6.42 Å². The van der Waals surface area contributed by atoms with E-state index < -0.39 is 0 Å². The van der Waals surface area contributed by atoms with E-state index in [1.165, 1.54) is 55.2 Å². The molecule has 0 spiro atoms. The van der Waals surface area contributed by atoms with Gasteiger partial charge in [0.1, 0.15) is 0 Å². The van der Waals surface area contributed by atoms with E-state index in [-0.39, 0.29) is 0 Å². The summed E-state index contributed by atoms with van der Waals surface area (Å²) in [4.78, 5) is 4.61. The zero-order valence-electron chi connectivity index (χ0n) is 25.4. The first-order valence-corrected chi connectivity index (χ1v) is 15.7. The van der Waals surface area contributed by atoms with E-state index in [0.717, 1.165) is 29.9 Å². The third kappa shape index (κ3) is 5.25. The number of aryl methyl sites for hydroxylation is 1. The van der Waals surface area contributed by atoms with Crippen LogP contribution in [0.25, 0.3) is 38.7 Å². The molecule has 0 aliphatic heterocycles. The summed E-state index contributed by atoms with van der Waals surface area (Å²) in [6.07, 6.45) is 6.71. The van der Waals surface area contributed by atoms with Crippen LogP contribution >= 0.6 is 0 Å². The SMILES string of the molecule is CN(c1ccc(-c2ccc(N(c3ccccc3)c3ccc4c(c3)CCC=C4)cc2)cc1)c1ccc2cc3ccccc3cc2c1. The van der Waals surface area contributed by atoms with Gasteiger partial charge in [0.15, 0.2) is 0 Å². The number of para-hydroxylation sites is 1. The first kappa shape index (κ1) is 27.0. The Bertz CT molecular complexity index is 2160. The zero-order valence-corrected chi connectivity index (χ0v) is 25.4. The quantitative estimate of drug-likeness (QED) is 0.181. The fraction of sp³-hybridized carbons (Fsp3) is 0.0698. The first-order chi connectivity index (χ1) is 22.2. The van der Waals surface area contributed by atoms with Crippen LogP contribution in [-0.4, -0.2) is 7.05 Å². The van der Waals surface area contributed by atoms with Gasteiger partial charge < -0.3 is 9.80 Å². The van der Waals surface area contributed by atoms with Crippen LogP contribution in [0.5, 0.6) is 0 Å². The minimum Gasteiger partial charge on any atom is -0.345 e. The van der Waals surface area contributed by atoms with Crippen LogP contribution in [0.2, 0.25) is 0 Å². The van der Waals surface area contributed by atoms with Gasteiger partial charge in [-0.15, -0.1) is 0 Å². The molecule has 216 valence electrons. The molecule has 0 saturated heterocycles. The number of hydrogen-bond donors (Lipinski definition) is 0. The lowest BCUT2D eigenvalue weighted by Crippen LogP contribution is -2.10. The third-order valence-electron chi connectivity index (χ3n) is 9.07. The van der Waals surface area contributed by atoms with Gasteiger partial charge in [-0.25, -0.2) is 0 Å². The number of benzene rings is 7. The fourth-order valence-corrected chi connectivity index (χ4v) is 6.55. The molecule has 1 aliphatic carbocycles. The van der Waals surface area contributed by atoms with Gasteiger partial charge in [0.25, 0.3) is 0 Å². The van der Waals surface area contributed by atoms with E-state index in [0.29, 0.717) is 0 Å². The van der Waals surface area contributed by atoms with Crippen molar-refractivity contribution < 1.29 is 0 Å². The lowest BCUT2D eigenvalue weighted by Gasteiger charge is -2.27. The normalized spacial score (nSPS) is 12.3. The molecular formula is C43H34N2. The maximum absolute atomic E-state index is 2.35. The Morgan fingerprint density at radius 2 is 1.02 bits per heavy atom. The Morgan fingerprint density at radius 1 is 0.444 bits per heavy atom. The van der Waals surface area contributed by atoms with Crippen LogP contribution < -0.4 is 9.80 Å². The number of hydrogen-bond acceptors (Lipinski definition) is 2. The minimum absolute atomic E-state index is 1.09. The highest BCUT2D eigenvalue weighted by Crippen LogP contribution is 2.38. The molecule has 0 heterocycles. The average molecular weight is 579 g/mol. The number of nitrogens with zero attached hydrogens (tertiary/aromatic N) is 2. The predicted octanol–water partition coefficient (Wildman–Crippen LogP) is 11.9. The van der Waals surface area contributed by atoms with Gasteiger partial charge in [-0.2, -0.15) is 0 Å². The highest BCUT2D eigenvalue weighted by molar-refractivity contribution is 5.99. The predicted molar refractivity (Wildman–Crippen MR) is 193 cm³/mol. The minimum atomic E-state index is 1.09. The van der Waals surface area contributed by atoms with Crippen molar-refractivity contribution >= 4 is 56.1 Å². The van der Waals surface area contributed by atoms with E-state index in [4.69, 9.17) is 0 Å². The number of fused-ring (bicyclic) bond motifs is 3. The summed E-state index contributed by atoms with van der Waals surface area (Å²) in [5.74, 6) is 0. The lowest BCUT2D eigenvalue weighted by molar-refractivity contribution is 0.984. The van der Waals surface area contributed by atoms with Gasteiger partial charge >= 0.3 is 0 Å². The van der Waals surface area contributed by atoms with Crippen molar-refractivity contribution in [1.82, 2.24) is 0 Å². The maximum atomic E-state index is 2.35. The van der Waals surface area contributed by atoms with Crippen molar-refractivity contribution in [2.45, 2.75) is 12.8 Å². The van der Waals surface area contributed by atoms with Crippen molar-refractivity contribution in [2.75, 3.05) is 16.8 Å². The molecule has 0 aromatic heterocycles. The zero-order chi connectivity index (χ0) is 30.2. The largest absolute Gasteiger partial charge is 0.345 e. The molecular weight excluding hydrogens is 544 g/mol. The van der Waals surface area contributed by atoms with Gasteiger partial charge in [0.2, 0.25) is 0 Å². The van der Waals surface area contributed by atoms with Gasteiger partial charge in [-0.05, 0) is 129 Å². The molecule has 0 fully saturated rings. The second kappa shape index (κ2) is 11.5. The molecule has 8 rings (SSSR count). The molecule has 2 nitrogen and oxygen atoms in total.